The third-order valence-corrected chi connectivity index (χ3v) is 4.89. The lowest BCUT2D eigenvalue weighted by atomic mass is 10.2. The summed E-state index contributed by atoms with van der Waals surface area (Å²) >= 11 is 0. The van der Waals surface area contributed by atoms with Crippen LogP contribution in [0.25, 0.3) is 16.8 Å². The summed E-state index contributed by atoms with van der Waals surface area (Å²) in [7, 11) is 1.92. The molecule has 0 radical (unpaired) electrons. The number of nitrogens with one attached hydrogen (secondary N) is 1. The first kappa shape index (κ1) is 15.4. The van der Waals surface area contributed by atoms with Gasteiger partial charge in [0.25, 0.3) is 0 Å². The SMILES string of the molecule is Cl.Cn1cc(-c2cn3nccc3c(N3C[C@H]4CC[C@@H](C3)N4)n2)cn1. The minimum absolute atomic E-state index is 0. The van der Waals surface area contributed by atoms with Crippen molar-refractivity contribution in [3.8, 4) is 11.3 Å². The van der Waals surface area contributed by atoms with Crippen LogP contribution in [-0.2, 0) is 7.05 Å². The van der Waals surface area contributed by atoms with Crippen molar-refractivity contribution >= 4 is 23.7 Å². The molecule has 3 aromatic rings. The van der Waals surface area contributed by atoms with Gasteiger partial charge in [0, 0.05) is 44.0 Å². The Kier molecular flexibility index (Phi) is 3.69. The van der Waals surface area contributed by atoms with Crippen LogP contribution in [0.4, 0.5) is 5.82 Å². The van der Waals surface area contributed by atoms with Gasteiger partial charge in [0.2, 0.25) is 0 Å². The van der Waals surface area contributed by atoms with Crippen molar-refractivity contribution in [3.05, 3.63) is 30.9 Å². The van der Waals surface area contributed by atoms with Gasteiger partial charge in [0.15, 0.2) is 5.82 Å². The maximum Gasteiger partial charge on any atom is 0.155 e. The number of rotatable bonds is 2. The van der Waals surface area contributed by atoms with Crippen LogP contribution in [0.15, 0.2) is 30.9 Å². The molecule has 0 saturated carbocycles. The first-order valence-electron chi connectivity index (χ1n) is 8.11. The van der Waals surface area contributed by atoms with E-state index < -0.39 is 0 Å². The zero-order valence-corrected chi connectivity index (χ0v) is 14.3. The van der Waals surface area contributed by atoms with Gasteiger partial charge in [-0.1, -0.05) is 0 Å². The molecule has 126 valence electrons. The Balaban J connectivity index is 0.00000146. The molecule has 0 amide bonds. The largest absolute Gasteiger partial charge is 0.352 e. The van der Waals surface area contributed by atoms with Crippen LogP contribution in [0, 0.1) is 0 Å². The molecule has 0 aliphatic carbocycles. The van der Waals surface area contributed by atoms with Crippen molar-refractivity contribution in [2.24, 2.45) is 7.05 Å². The van der Waals surface area contributed by atoms with E-state index in [-0.39, 0.29) is 12.4 Å². The number of fused-ring (bicyclic) bond motifs is 3. The van der Waals surface area contributed by atoms with Crippen molar-refractivity contribution in [1.82, 2.24) is 29.7 Å². The van der Waals surface area contributed by atoms with Gasteiger partial charge in [-0.2, -0.15) is 10.2 Å². The lowest BCUT2D eigenvalue weighted by Gasteiger charge is -2.34. The van der Waals surface area contributed by atoms with Gasteiger partial charge in [0.05, 0.1) is 24.3 Å². The fourth-order valence-electron chi connectivity index (χ4n) is 3.81. The Morgan fingerprint density at radius 3 is 2.62 bits per heavy atom. The summed E-state index contributed by atoms with van der Waals surface area (Å²) in [5.74, 6) is 1.03. The molecule has 0 aromatic carbocycles. The van der Waals surface area contributed by atoms with Crippen LogP contribution < -0.4 is 10.2 Å². The smallest absolute Gasteiger partial charge is 0.155 e. The third-order valence-electron chi connectivity index (χ3n) is 4.89. The molecule has 5 heterocycles. The number of halogens is 1. The molecule has 1 N–H and O–H groups in total. The molecule has 0 unspecified atom stereocenters. The Morgan fingerprint density at radius 1 is 1.12 bits per heavy atom. The first-order chi connectivity index (χ1) is 11.3. The van der Waals surface area contributed by atoms with Crippen LogP contribution in [-0.4, -0.2) is 49.6 Å². The number of hydrogen-bond donors (Lipinski definition) is 1. The first-order valence-corrected chi connectivity index (χ1v) is 8.11. The summed E-state index contributed by atoms with van der Waals surface area (Å²) in [6.45, 7) is 2.03. The molecule has 0 spiro atoms. The molecule has 2 bridgehead atoms. The van der Waals surface area contributed by atoms with Gasteiger partial charge in [0.1, 0.15) is 5.52 Å². The molecule has 2 aliphatic rings. The molecule has 2 aliphatic heterocycles. The van der Waals surface area contributed by atoms with Gasteiger partial charge in [-0.25, -0.2) is 9.50 Å². The van der Waals surface area contributed by atoms with E-state index in [4.69, 9.17) is 4.98 Å². The molecule has 2 atom stereocenters. The number of aromatic nitrogens is 5. The Morgan fingerprint density at radius 2 is 1.92 bits per heavy atom. The summed E-state index contributed by atoms with van der Waals surface area (Å²) in [5, 5.41) is 12.4. The summed E-state index contributed by atoms with van der Waals surface area (Å²) in [6.07, 6.45) is 10.2. The molecule has 7 nitrogen and oxygen atoms in total. The summed E-state index contributed by atoms with van der Waals surface area (Å²) in [6, 6.07) is 3.21. The maximum absolute atomic E-state index is 4.96. The van der Waals surface area contributed by atoms with E-state index in [0.29, 0.717) is 12.1 Å². The summed E-state index contributed by atoms with van der Waals surface area (Å²) in [4.78, 5) is 7.37. The van der Waals surface area contributed by atoms with Crippen LogP contribution in [0.1, 0.15) is 12.8 Å². The monoisotopic (exact) mass is 345 g/mol. The van der Waals surface area contributed by atoms with Crippen LogP contribution in [0.2, 0.25) is 0 Å². The average molecular weight is 346 g/mol. The zero-order valence-electron chi connectivity index (χ0n) is 13.5. The number of nitrogens with zero attached hydrogens (tertiary/aromatic N) is 6. The number of piperazine rings is 1. The molecular weight excluding hydrogens is 326 g/mol. The number of anilines is 1. The van der Waals surface area contributed by atoms with Gasteiger partial charge >= 0.3 is 0 Å². The quantitative estimate of drug-likeness (QED) is 0.762. The maximum atomic E-state index is 4.96. The van der Waals surface area contributed by atoms with E-state index in [1.165, 1.54) is 12.8 Å². The Bertz CT molecular complexity index is 858. The fraction of sp³-hybridized carbons (Fsp3) is 0.438. The van der Waals surface area contributed by atoms with Crippen molar-refractivity contribution in [2.75, 3.05) is 18.0 Å². The highest BCUT2D eigenvalue weighted by molar-refractivity contribution is 5.85. The second-order valence-electron chi connectivity index (χ2n) is 6.56. The highest BCUT2D eigenvalue weighted by atomic mass is 35.5. The summed E-state index contributed by atoms with van der Waals surface area (Å²) < 4.78 is 3.73. The predicted molar refractivity (Wildman–Crippen MR) is 94.6 cm³/mol. The lowest BCUT2D eigenvalue weighted by Crippen LogP contribution is -2.51. The van der Waals surface area contributed by atoms with E-state index >= 15 is 0 Å². The van der Waals surface area contributed by atoms with E-state index in [2.05, 4.69) is 20.4 Å². The molecular formula is C16H20ClN7. The van der Waals surface area contributed by atoms with Crippen molar-refractivity contribution in [3.63, 3.8) is 0 Å². The average Bonchev–Trinajstić information content (AvgIpc) is 3.26. The highest BCUT2D eigenvalue weighted by Crippen LogP contribution is 2.29. The Hall–Kier alpha value is -2.12. The molecule has 2 saturated heterocycles. The van der Waals surface area contributed by atoms with Crippen molar-refractivity contribution in [2.45, 2.75) is 24.9 Å². The Labute approximate surface area is 146 Å². The van der Waals surface area contributed by atoms with E-state index in [0.717, 1.165) is 35.7 Å². The minimum Gasteiger partial charge on any atom is -0.352 e. The molecule has 5 rings (SSSR count). The number of aryl methyl sites for hydroxylation is 1. The second-order valence-corrected chi connectivity index (χ2v) is 6.56. The normalized spacial score (nSPS) is 22.8. The second kappa shape index (κ2) is 5.75. The molecule has 2 fully saturated rings. The zero-order chi connectivity index (χ0) is 15.4. The topological polar surface area (TPSA) is 63.3 Å². The minimum atomic E-state index is 0. The summed E-state index contributed by atoms with van der Waals surface area (Å²) in [5.41, 5.74) is 3.00. The highest BCUT2D eigenvalue weighted by Gasteiger charge is 2.33. The van der Waals surface area contributed by atoms with Crippen LogP contribution in [0.3, 0.4) is 0 Å². The van der Waals surface area contributed by atoms with Gasteiger partial charge in [-0.15, -0.1) is 12.4 Å². The predicted octanol–water partition coefficient (Wildman–Crippen LogP) is 1.49. The van der Waals surface area contributed by atoms with E-state index in [1.54, 1.807) is 4.68 Å². The van der Waals surface area contributed by atoms with Crippen molar-refractivity contribution < 1.29 is 0 Å². The van der Waals surface area contributed by atoms with Crippen LogP contribution >= 0.6 is 12.4 Å². The molecule has 24 heavy (non-hydrogen) atoms. The lowest BCUT2D eigenvalue weighted by molar-refractivity contribution is 0.464. The molecule has 8 heteroatoms. The third kappa shape index (κ3) is 2.44. The van der Waals surface area contributed by atoms with Gasteiger partial charge in [-0.05, 0) is 18.9 Å². The van der Waals surface area contributed by atoms with E-state index in [1.807, 2.05) is 42.4 Å². The van der Waals surface area contributed by atoms with Crippen molar-refractivity contribution in [1.29, 1.82) is 0 Å². The number of hydrogen-bond acceptors (Lipinski definition) is 5. The van der Waals surface area contributed by atoms with Gasteiger partial charge < -0.3 is 10.2 Å². The standard InChI is InChI=1S/C16H19N7.ClH/c1-21-7-11(6-18-21)14-10-23-15(4-5-17-23)16(20-14)22-8-12-2-3-13(9-22)19-12;/h4-7,10,12-13,19H,2-3,8-9H2,1H3;1H/t12-,13+;. The fourth-order valence-corrected chi connectivity index (χ4v) is 3.81. The molecule has 3 aromatic heterocycles. The van der Waals surface area contributed by atoms with E-state index in [9.17, 15) is 0 Å². The van der Waals surface area contributed by atoms with Gasteiger partial charge in [-0.3, -0.25) is 4.68 Å². The van der Waals surface area contributed by atoms with Crippen LogP contribution in [0.5, 0.6) is 0 Å².